The van der Waals surface area contributed by atoms with Gasteiger partial charge in [-0.3, -0.25) is 9.80 Å². The number of nitrogens with zero attached hydrogens (tertiary/aromatic N) is 9. The summed E-state index contributed by atoms with van der Waals surface area (Å²) >= 11 is 0. The number of aromatic nitrogens is 4. The van der Waals surface area contributed by atoms with Crippen LogP contribution in [0.25, 0.3) is 45.2 Å². The monoisotopic (exact) mass is 1110 g/mol. The Hall–Kier alpha value is -9.45. The van der Waals surface area contributed by atoms with Gasteiger partial charge in [0.2, 0.25) is 11.8 Å². The van der Waals surface area contributed by atoms with E-state index in [1.807, 2.05) is 24.3 Å². The minimum absolute atomic E-state index is 0.0728. The lowest BCUT2D eigenvalue weighted by Gasteiger charge is -2.31. The van der Waals surface area contributed by atoms with E-state index in [1.165, 1.54) is 12.1 Å². The fraction of sp³-hybridized carbons (Fsp3) is 0.246. The molecule has 416 valence electrons. The van der Waals surface area contributed by atoms with E-state index in [2.05, 4.69) is 35.4 Å². The molecule has 8 aromatic rings. The number of carbonyl (C=O) groups is 2. The highest BCUT2D eigenvalue weighted by Crippen LogP contribution is 2.43. The minimum Gasteiger partial charge on any atom is -0.439 e. The van der Waals surface area contributed by atoms with Crippen molar-refractivity contribution in [2.75, 3.05) is 56.4 Å². The van der Waals surface area contributed by atoms with Crippen molar-refractivity contribution in [1.29, 1.82) is 0 Å². The summed E-state index contributed by atoms with van der Waals surface area (Å²) in [6.07, 6.45) is -2.84. The smallest absolute Gasteiger partial charge is 0.416 e. The quantitative estimate of drug-likeness (QED) is 0.0514. The second-order valence-corrected chi connectivity index (χ2v) is 19.6. The summed E-state index contributed by atoms with van der Waals surface area (Å²) in [7, 11) is 0. The molecule has 4 aromatic carbocycles. The van der Waals surface area contributed by atoms with Gasteiger partial charge in [-0.25, -0.2) is 34.5 Å². The molecule has 14 rings (SSSR count). The maximum atomic E-state index is 13.8. The van der Waals surface area contributed by atoms with Crippen molar-refractivity contribution in [3.63, 3.8) is 0 Å². The number of hydrogen-bond donors (Lipinski definition) is 5. The molecule has 0 aliphatic carbocycles. The Labute approximate surface area is 459 Å². The number of nitrogens with two attached hydrogens (primary N) is 3. The van der Waals surface area contributed by atoms with E-state index in [-0.39, 0.29) is 43.2 Å². The average Bonchev–Trinajstić information content (AvgIpc) is 4.23. The highest BCUT2D eigenvalue weighted by molar-refractivity contribution is 6.05. The number of aliphatic imine (C=N–C) groups is 1. The molecule has 6 aliphatic rings. The number of pyridine rings is 2. The van der Waals surface area contributed by atoms with Gasteiger partial charge >= 0.3 is 24.4 Å². The molecule has 4 bridgehead atoms. The van der Waals surface area contributed by atoms with Crippen molar-refractivity contribution < 1.29 is 44.8 Å². The Morgan fingerprint density at radius 3 is 1.41 bits per heavy atom. The molecule has 2 saturated heterocycles. The van der Waals surface area contributed by atoms with Crippen molar-refractivity contribution in [3.8, 4) is 45.2 Å². The Bertz CT molecular complexity index is 3660. The van der Waals surface area contributed by atoms with Gasteiger partial charge in [0.25, 0.3) is 0 Å². The van der Waals surface area contributed by atoms with Crippen LogP contribution >= 0.6 is 0 Å². The molecule has 4 aromatic heterocycles. The van der Waals surface area contributed by atoms with E-state index >= 15 is 0 Å². The number of fused-ring (bicyclic) bond motifs is 4. The summed E-state index contributed by atoms with van der Waals surface area (Å²) in [6.45, 7) is 3.29. The predicted octanol–water partition coefficient (Wildman–Crippen LogP) is 11.1. The van der Waals surface area contributed by atoms with Gasteiger partial charge in [0, 0.05) is 71.9 Å². The molecule has 4 amide bonds. The Kier molecular flexibility index (Phi) is 14.5. The van der Waals surface area contributed by atoms with Crippen LogP contribution in [0.3, 0.4) is 0 Å². The topological polar surface area (TPSA) is 239 Å². The first-order valence-corrected chi connectivity index (χ1v) is 25.9. The fourth-order valence-electron chi connectivity index (χ4n) is 10.4. The number of anilines is 6. The number of hydrogen-bond acceptors (Lipinski definition) is 12. The van der Waals surface area contributed by atoms with Gasteiger partial charge in [-0.05, 0) is 98.5 Å². The van der Waals surface area contributed by atoms with Gasteiger partial charge in [-0.15, -0.1) is 0 Å². The summed E-state index contributed by atoms with van der Waals surface area (Å²) in [5.41, 5.74) is 20.2. The first kappa shape index (κ1) is 53.5. The number of alkyl halides is 6. The Morgan fingerprint density at radius 2 is 0.988 bits per heavy atom. The number of rotatable bonds is 9. The van der Waals surface area contributed by atoms with E-state index in [4.69, 9.17) is 36.0 Å². The third-order valence-corrected chi connectivity index (χ3v) is 14.4. The van der Waals surface area contributed by atoms with Crippen molar-refractivity contribution in [2.45, 2.75) is 63.2 Å². The normalized spacial score (nSPS) is 15.0. The molecule has 18 nitrogen and oxygen atoms in total. The predicted molar refractivity (Wildman–Crippen MR) is 294 cm³/mol. The molecule has 10 heterocycles. The molecule has 0 spiro atoms. The fourth-order valence-corrected chi connectivity index (χ4v) is 10.4. The molecular formula is C57H52F6N14O4. The summed E-state index contributed by atoms with van der Waals surface area (Å²) in [5, 5.41) is 5.95. The number of carbonyl (C=O) groups excluding carboxylic acids is 2. The van der Waals surface area contributed by atoms with Gasteiger partial charge in [0.1, 0.15) is 6.54 Å². The number of oxazole rings is 2. The van der Waals surface area contributed by atoms with Crippen LogP contribution in [0.4, 0.5) is 70.3 Å². The Balaban J connectivity index is 0.000000171. The summed E-state index contributed by atoms with van der Waals surface area (Å²) in [5.74, 6) is 2.53. The SMILES string of the molecule is NC(N)=NCc1ncc(-c2cccc(NC(=O)N3c4nc(-c5cccc(C(F)(F)F)c5)ccc4N4CCC3CC4)c2)o1.NCc1ncc(-c2cccc(NC(=O)N3c4nc(-c5cccc(C(F)(F)F)c5)ccc4N4CCC3CC4)c2)o1. The van der Waals surface area contributed by atoms with Crippen LogP contribution in [0, 0.1) is 0 Å². The number of piperidine rings is 2. The van der Waals surface area contributed by atoms with Gasteiger partial charge in [-0.2, -0.15) is 26.3 Å². The van der Waals surface area contributed by atoms with Gasteiger partial charge in [0.15, 0.2) is 29.1 Å². The van der Waals surface area contributed by atoms with Gasteiger partial charge in [0.05, 0.1) is 52.8 Å². The second kappa shape index (κ2) is 22.0. The van der Waals surface area contributed by atoms with Crippen LogP contribution in [0.2, 0.25) is 0 Å². The molecule has 0 atom stereocenters. The first-order chi connectivity index (χ1) is 38.9. The van der Waals surface area contributed by atoms with Crippen molar-refractivity contribution in [3.05, 3.63) is 157 Å². The number of benzene rings is 4. The zero-order valence-electron chi connectivity index (χ0n) is 43.1. The van der Waals surface area contributed by atoms with Crippen molar-refractivity contribution in [1.82, 2.24) is 19.9 Å². The summed E-state index contributed by atoms with van der Waals surface area (Å²) in [4.78, 5) is 56.9. The van der Waals surface area contributed by atoms with Crippen LogP contribution in [-0.4, -0.2) is 76.2 Å². The zero-order chi connectivity index (χ0) is 56.6. The van der Waals surface area contributed by atoms with Crippen LogP contribution < -0.4 is 47.4 Å². The van der Waals surface area contributed by atoms with Crippen LogP contribution in [0.5, 0.6) is 0 Å². The van der Waals surface area contributed by atoms with Crippen LogP contribution in [-0.2, 0) is 25.4 Å². The molecular weight excluding hydrogens is 1060 g/mol. The largest absolute Gasteiger partial charge is 0.439 e. The van der Waals surface area contributed by atoms with Gasteiger partial charge in [-0.1, -0.05) is 48.5 Å². The minimum atomic E-state index is -4.48. The standard InChI is InChI=1S/C29H27F3N8O2.C28H25F3N6O2/c30-29(31,32)19-5-1-3-17(13-19)22-7-8-23-26(38-22)40(21-9-11-39(23)12-10-21)28(41)37-20-6-2-4-18(14-20)24-15-35-25(42-24)16-36-27(33)34;29-28(30,31)19-5-1-3-17(13-19)22-7-8-23-26(35-22)37(21-9-11-36(23)12-10-21)27(38)34-20-6-2-4-18(14-20)24-16-33-25(15-32)39-24/h1-8,13-15,21H,9-12,16H2,(H,37,41)(H4,33,34,36);1-8,13-14,16,21H,9-12,15,32H2,(H,34,38). The number of halogens is 6. The van der Waals surface area contributed by atoms with E-state index in [1.54, 1.807) is 82.9 Å². The zero-order valence-corrected chi connectivity index (χ0v) is 43.1. The maximum absolute atomic E-state index is 13.8. The lowest BCUT2D eigenvalue weighted by molar-refractivity contribution is -0.138. The van der Waals surface area contributed by atoms with E-state index < -0.39 is 23.5 Å². The van der Waals surface area contributed by atoms with E-state index in [0.29, 0.717) is 74.4 Å². The number of nitrogens with one attached hydrogen (secondary N) is 2. The maximum Gasteiger partial charge on any atom is 0.416 e. The number of urea groups is 2. The molecule has 81 heavy (non-hydrogen) atoms. The molecule has 2 fully saturated rings. The van der Waals surface area contributed by atoms with Crippen LogP contribution in [0.1, 0.15) is 48.6 Å². The second-order valence-electron chi connectivity index (χ2n) is 19.6. The molecule has 8 N–H and O–H groups in total. The lowest BCUT2D eigenvalue weighted by Crippen LogP contribution is -2.46. The number of guanidine groups is 1. The summed E-state index contributed by atoms with van der Waals surface area (Å²) < 4.78 is 91.6. The lowest BCUT2D eigenvalue weighted by atomic mass is 10.1. The first-order valence-electron chi connectivity index (χ1n) is 25.9. The van der Waals surface area contributed by atoms with E-state index in [9.17, 15) is 35.9 Å². The third-order valence-electron chi connectivity index (χ3n) is 14.4. The van der Waals surface area contributed by atoms with E-state index in [0.717, 1.165) is 93.1 Å². The van der Waals surface area contributed by atoms with Crippen molar-refractivity contribution >= 4 is 52.4 Å². The molecule has 0 saturated carbocycles. The average molecular weight is 1110 g/mol. The van der Waals surface area contributed by atoms with Gasteiger partial charge < -0.3 is 46.5 Å². The molecule has 6 aliphatic heterocycles. The molecule has 24 heteroatoms. The number of amides is 4. The third kappa shape index (κ3) is 11.5. The van der Waals surface area contributed by atoms with Crippen molar-refractivity contribution in [2.24, 2.45) is 22.2 Å². The molecule has 0 unspecified atom stereocenters. The molecule has 0 radical (unpaired) electrons. The summed E-state index contributed by atoms with van der Waals surface area (Å²) in [6, 6.07) is 30.5. The van der Waals surface area contributed by atoms with Crippen LogP contribution in [0.15, 0.2) is 148 Å². The highest BCUT2D eigenvalue weighted by atomic mass is 19.4. The highest BCUT2D eigenvalue weighted by Gasteiger charge is 2.40. The Morgan fingerprint density at radius 1 is 0.568 bits per heavy atom.